The van der Waals surface area contributed by atoms with Crippen LogP contribution in [0, 0.1) is 0 Å². The van der Waals surface area contributed by atoms with E-state index in [1.54, 1.807) is 11.9 Å². The van der Waals surface area contributed by atoms with Crippen LogP contribution < -0.4 is 5.32 Å². The van der Waals surface area contributed by atoms with Crippen LogP contribution in [0.25, 0.3) is 0 Å². The van der Waals surface area contributed by atoms with Gasteiger partial charge in [0.2, 0.25) is 0 Å². The minimum Gasteiger partial charge on any atom is -0.336 e. The van der Waals surface area contributed by atoms with Gasteiger partial charge in [-0.2, -0.15) is 0 Å². The molecule has 0 aliphatic carbocycles. The lowest BCUT2D eigenvalue weighted by atomic mass is 10.4. The van der Waals surface area contributed by atoms with Gasteiger partial charge in [-0.05, 0) is 20.3 Å². The number of carbonyl (C=O) groups is 1. The fourth-order valence-electron chi connectivity index (χ4n) is 0.794. The van der Waals surface area contributed by atoms with Crippen LogP contribution in [0.3, 0.4) is 0 Å². The Hall–Kier alpha value is -0.730. The van der Waals surface area contributed by atoms with Gasteiger partial charge < -0.3 is 10.2 Å². The van der Waals surface area contributed by atoms with Gasteiger partial charge in [0.05, 0.1) is 0 Å². The Kier molecular flexibility index (Phi) is 4.66. The third-order valence-electron chi connectivity index (χ3n) is 1.32. The maximum atomic E-state index is 11.2. The molecular weight excluding hydrogens is 140 g/mol. The van der Waals surface area contributed by atoms with Gasteiger partial charge in [0.25, 0.3) is 0 Å². The summed E-state index contributed by atoms with van der Waals surface area (Å²) >= 11 is 0. The topological polar surface area (TPSA) is 32.3 Å². The van der Waals surface area contributed by atoms with Gasteiger partial charge in [-0.3, -0.25) is 0 Å². The molecule has 2 amide bonds. The van der Waals surface area contributed by atoms with Gasteiger partial charge in [-0.1, -0.05) is 6.92 Å². The molecule has 0 aromatic carbocycles. The number of carbonyl (C=O) groups excluding carboxylic acids is 1. The highest BCUT2D eigenvalue weighted by molar-refractivity contribution is 5.74. The highest BCUT2D eigenvalue weighted by atomic mass is 16.2. The summed E-state index contributed by atoms with van der Waals surface area (Å²) in [5.41, 5.74) is 0. The highest BCUT2D eigenvalue weighted by Gasteiger charge is 2.06. The quantitative estimate of drug-likeness (QED) is 0.662. The number of amides is 2. The molecule has 0 saturated heterocycles. The normalized spacial score (nSPS) is 9.91. The first kappa shape index (κ1) is 10.3. The average molecular weight is 158 g/mol. The first-order valence-electron chi connectivity index (χ1n) is 4.09. The monoisotopic (exact) mass is 158 g/mol. The van der Waals surface area contributed by atoms with E-state index >= 15 is 0 Å². The highest BCUT2D eigenvalue weighted by Crippen LogP contribution is 1.88. The van der Waals surface area contributed by atoms with E-state index in [1.807, 2.05) is 13.8 Å². The lowest BCUT2D eigenvalue weighted by Gasteiger charge is -2.18. The first-order valence-corrected chi connectivity index (χ1v) is 4.09. The molecule has 0 rings (SSSR count). The van der Waals surface area contributed by atoms with Crippen LogP contribution in [0.2, 0.25) is 0 Å². The summed E-state index contributed by atoms with van der Waals surface area (Å²) in [5, 5.41) is 2.81. The van der Waals surface area contributed by atoms with Crippen molar-refractivity contribution in [1.82, 2.24) is 10.2 Å². The number of hydrogen-bond donors (Lipinski definition) is 1. The van der Waals surface area contributed by atoms with Crippen molar-refractivity contribution in [3.05, 3.63) is 0 Å². The van der Waals surface area contributed by atoms with Crippen molar-refractivity contribution in [1.29, 1.82) is 0 Å². The van der Waals surface area contributed by atoms with Crippen LogP contribution in [-0.2, 0) is 0 Å². The van der Waals surface area contributed by atoms with Gasteiger partial charge in [0.15, 0.2) is 0 Å². The summed E-state index contributed by atoms with van der Waals surface area (Å²) in [6.07, 6.45) is 1.00. The molecule has 0 aromatic heterocycles. The summed E-state index contributed by atoms with van der Waals surface area (Å²) in [6.45, 7) is 6.78. The van der Waals surface area contributed by atoms with Crippen molar-refractivity contribution in [3.63, 3.8) is 0 Å². The van der Waals surface area contributed by atoms with Crippen LogP contribution in [-0.4, -0.2) is 30.6 Å². The molecule has 0 atom stereocenters. The van der Waals surface area contributed by atoms with Crippen molar-refractivity contribution in [3.8, 4) is 0 Å². The molecule has 0 fully saturated rings. The van der Waals surface area contributed by atoms with E-state index < -0.39 is 0 Å². The molecule has 0 bridgehead atoms. The predicted octanol–water partition coefficient (Wildman–Crippen LogP) is 1.45. The van der Waals surface area contributed by atoms with E-state index in [2.05, 4.69) is 12.2 Å². The zero-order valence-electron chi connectivity index (χ0n) is 7.85. The molecule has 0 aromatic rings. The second-order valence-electron chi connectivity index (χ2n) is 3.03. The lowest BCUT2D eigenvalue weighted by Crippen LogP contribution is -2.40. The zero-order valence-corrected chi connectivity index (χ0v) is 7.85. The van der Waals surface area contributed by atoms with Crippen LogP contribution in [0.5, 0.6) is 0 Å². The predicted molar refractivity (Wildman–Crippen MR) is 46.6 cm³/mol. The number of nitrogens with zero attached hydrogens (tertiary/aromatic N) is 1. The molecule has 66 valence electrons. The SMILES string of the molecule is CCCN(C)C(=O)NC(C)C. The zero-order chi connectivity index (χ0) is 8.85. The Labute approximate surface area is 68.8 Å². The van der Waals surface area contributed by atoms with Crippen molar-refractivity contribution in [2.45, 2.75) is 33.2 Å². The van der Waals surface area contributed by atoms with E-state index in [9.17, 15) is 4.79 Å². The van der Waals surface area contributed by atoms with Crippen molar-refractivity contribution in [2.75, 3.05) is 13.6 Å². The smallest absolute Gasteiger partial charge is 0.317 e. The van der Waals surface area contributed by atoms with E-state index in [-0.39, 0.29) is 12.1 Å². The van der Waals surface area contributed by atoms with Crippen LogP contribution >= 0.6 is 0 Å². The van der Waals surface area contributed by atoms with Gasteiger partial charge in [0, 0.05) is 19.6 Å². The molecule has 0 unspecified atom stereocenters. The fraction of sp³-hybridized carbons (Fsp3) is 0.875. The van der Waals surface area contributed by atoms with E-state index in [0.29, 0.717) is 0 Å². The Morgan fingerprint density at radius 2 is 2.09 bits per heavy atom. The molecule has 0 radical (unpaired) electrons. The third-order valence-corrected chi connectivity index (χ3v) is 1.32. The number of rotatable bonds is 3. The molecule has 0 aliphatic heterocycles. The third kappa shape index (κ3) is 4.65. The Bertz CT molecular complexity index is 123. The number of urea groups is 1. The molecular formula is C8H18N2O. The molecule has 0 saturated carbocycles. The summed E-state index contributed by atoms with van der Waals surface area (Å²) in [7, 11) is 1.81. The number of hydrogen-bond acceptors (Lipinski definition) is 1. The standard InChI is InChI=1S/C8H18N2O/c1-5-6-10(4)8(11)9-7(2)3/h7H,5-6H2,1-4H3,(H,9,11). The molecule has 0 spiro atoms. The molecule has 0 heterocycles. The minimum atomic E-state index is 0.0156. The summed E-state index contributed by atoms with van der Waals surface area (Å²) in [5.74, 6) is 0. The van der Waals surface area contributed by atoms with Crippen molar-refractivity contribution in [2.24, 2.45) is 0 Å². The largest absolute Gasteiger partial charge is 0.336 e. The van der Waals surface area contributed by atoms with E-state index in [1.165, 1.54) is 0 Å². The Balaban J connectivity index is 3.64. The first-order chi connectivity index (χ1) is 5.07. The number of nitrogens with one attached hydrogen (secondary N) is 1. The molecule has 3 nitrogen and oxygen atoms in total. The second-order valence-corrected chi connectivity index (χ2v) is 3.03. The van der Waals surface area contributed by atoms with E-state index in [0.717, 1.165) is 13.0 Å². The Morgan fingerprint density at radius 1 is 1.55 bits per heavy atom. The van der Waals surface area contributed by atoms with Crippen molar-refractivity contribution >= 4 is 6.03 Å². The molecule has 11 heavy (non-hydrogen) atoms. The average Bonchev–Trinajstić information content (AvgIpc) is 1.86. The van der Waals surface area contributed by atoms with Gasteiger partial charge in [-0.15, -0.1) is 0 Å². The van der Waals surface area contributed by atoms with E-state index in [4.69, 9.17) is 0 Å². The van der Waals surface area contributed by atoms with Gasteiger partial charge >= 0.3 is 6.03 Å². The summed E-state index contributed by atoms with van der Waals surface area (Å²) in [4.78, 5) is 12.9. The van der Waals surface area contributed by atoms with Crippen LogP contribution in [0.15, 0.2) is 0 Å². The molecule has 3 heteroatoms. The second kappa shape index (κ2) is 4.99. The van der Waals surface area contributed by atoms with Gasteiger partial charge in [0.1, 0.15) is 0 Å². The molecule has 0 aliphatic rings. The maximum Gasteiger partial charge on any atom is 0.317 e. The maximum absolute atomic E-state index is 11.2. The lowest BCUT2D eigenvalue weighted by molar-refractivity contribution is 0.206. The fourth-order valence-corrected chi connectivity index (χ4v) is 0.794. The Morgan fingerprint density at radius 3 is 2.45 bits per heavy atom. The minimum absolute atomic E-state index is 0.0156. The van der Waals surface area contributed by atoms with Crippen LogP contribution in [0.4, 0.5) is 4.79 Å². The van der Waals surface area contributed by atoms with Gasteiger partial charge in [-0.25, -0.2) is 4.79 Å². The van der Waals surface area contributed by atoms with Crippen LogP contribution in [0.1, 0.15) is 27.2 Å². The molecule has 1 N–H and O–H groups in total. The summed E-state index contributed by atoms with van der Waals surface area (Å²) in [6, 6.07) is 0.239. The summed E-state index contributed by atoms with van der Waals surface area (Å²) < 4.78 is 0. The van der Waals surface area contributed by atoms with Crippen molar-refractivity contribution < 1.29 is 4.79 Å².